The Morgan fingerprint density at radius 3 is 2.61 bits per heavy atom. The summed E-state index contributed by atoms with van der Waals surface area (Å²) in [5.74, 6) is 0.376. The van der Waals surface area contributed by atoms with Gasteiger partial charge < -0.3 is 15.8 Å². The fourth-order valence-corrected chi connectivity index (χ4v) is 5.59. The van der Waals surface area contributed by atoms with Gasteiger partial charge in [0.1, 0.15) is 10.8 Å². The first kappa shape index (κ1) is 21.4. The van der Waals surface area contributed by atoms with Gasteiger partial charge in [-0.15, -0.1) is 11.3 Å². The van der Waals surface area contributed by atoms with Gasteiger partial charge in [-0.2, -0.15) is 0 Å². The number of benzene rings is 2. The number of nitrogens with two attached hydrogens (primary N) is 1. The number of amides is 2. The first-order valence-electron chi connectivity index (χ1n) is 10.6. The summed E-state index contributed by atoms with van der Waals surface area (Å²) in [5.41, 5.74) is 7.35. The highest BCUT2D eigenvalue weighted by atomic mass is 32.1. The molecule has 4 rings (SSSR count). The molecule has 0 saturated carbocycles. The first-order valence-corrected chi connectivity index (χ1v) is 11.4. The molecule has 3 N–H and O–H groups in total. The largest absolute Gasteiger partial charge is 0.484 e. The lowest BCUT2D eigenvalue weighted by molar-refractivity contribution is -0.118. The summed E-state index contributed by atoms with van der Waals surface area (Å²) >= 11 is 1.47. The predicted molar refractivity (Wildman–Crippen MR) is 126 cm³/mol. The Morgan fingerprint density at radius 2 is 1.90 bits per heavy atom. The Kier molecular flexibility index (Phi) is 5.75. The van der Waals surface area contributed by atoms with E-state index in [1.54, 1.807) is 0 Å². The Hall–Kier alpha value is -2.86. The van der Waals surface area contributed by atoms with E-state index in [9.17, 15) is 9.59 Å². The second kappa shape index (κ2) is 8.35. The summed E-state index contributed by atoms with van der Waals surface area (Å²) in [6.45, 7) is 6.61. The zero-order chi connectivity index (χ0) is 22.2. The second-order valence-electron chi connectivity index (χ2n) is 9.22. The molecular weight excluding hydrogens is 408 g/mol. The van der Waals surface area contributed by atoms with E-state index in [2.05, 4.69) is 26.1 Å². The molecule has 5 nitrogen and oxygen atoms in total. The van der Waals surface area contributed by atoms with Gasteiger partial charge in [0.15, 0.2) is 6.61 Å². The fourth-order valence-electron chi connectivity index (χ4n) is 4.24. The summed E-state index contributed by atoms with van der Waals surface area (Å²) < 4.78 is 5.69. The van der Waals surface area contributed by atoms with Crippen LogP contribution < -0.4 is 15.8 Å². The van der Waals surface area contributed by atoms with Crippen molar-refractivity contribution in [3.8, 4) is 5.75 Å². The molecule has 1 heterocycles. The summed E-state index contributed by atoms with van der Waals surface area (Å²) in [5, 5.41) is 5.57. The monoisotopic (exact) mass is 436 g/mol. The Morgan fingerprint density at radius 1 is 1.16 bits per heavy atom. The van der Waals surface area contributed by atoms with Crippen LogP contribution in [-0.2, 0) is 17.6 Å². The molecule has 1 unspecified atom stereocenters. The molecule has 3 aromatic rings. The highest BCUT2D eigenvalue weighted by Crippen LogP contribution is 2.44. The van der Waals surface area contributed by atoms with Gasteiger partial charge in [0, 0.05) is 4.88 Å². The number of nitrogens with one attached hydrogen (secondary N) is 1. The number of carbonyl (C=O) groups excluding carboxylic acids is 2. The van der Waals surface area contributed by atoms with Crippen LogP contribution in [0.25, 0.3) is 10.8 Å². The zero-order valence-corrected chi connectivity index (χ0v) is 19.0. The Balaban J connectivity index is 1.47. The molecule has 1 aliphatic carbocycles. The van der Waals surface area contributed by atoms with Crippen LogP contribution in [0.15, 0.2) is 42.5 Å². The lowest BCUT2D eigenvalue weighted by Gasteiger charge is -2.33. The van der Waals surface area contributed by atoms with E-state index in [0.29, 0.717) is 22.2 Å². The van der Waals surface area contributed by atoms with Crippen LogP contribution in [0.1, 0.15) is 48.0 Å². The van der Waals surface area contributed by atoms with Crippen molar-refractivity contribution in [2.45, 2.75) is 40.0 Å². The van der Waals surface area contributed by atoms with E-state index in [1.165, 1.54) is 11.3 Å². The highest BCUT2D eigenvalue weighted by Gasteiger charge is 2.33. The fraction of sp³-hybridized carbons (Fsp3) is 0.360. The van der Waals surface area contributed by atoms with Gasteiger partial charge in [0.2, 0.25) is 0 Å². The minimum absolute atomic E-state index is 0.135. The Bertz CT molecular complexity index is 1140. The lowest BCUT2D eigenvalue weighted by atomic mass is 9.72. The number of fused-ring (bicyclic) bond motifs is 2. The van der Waals surface area contributed by atoms with Gasteiger partial charge in [-0.1, -0.05) is 51.1 Å². The minimum atomic E-state index is -0.488. The summed E-state index contributed by atoms with van der Waals surface area (Å²) in [4.78, 5) is 25.9. The average Bonchev–Trinajstić information content (AvgIpc) is 3.08. The summed E-state index contributed by atoms with van der Waals surface area (Å²) in [6, 6.07) is 13.7. The number of primary amides is 1. The Labute approximate surface area is 186 Å². The van der Waals surface area contributed by atoms with Crippen molar-refractivity contribution in [2.24, 2.45) is 17.1 Å². The first-order chi connectivity index (χ1) is 14.7. The highest BCUT2D eigenvalue weighted by molar-refractivity contribution is 7.17. The molecule has 0 saturated heterocycles. The molecule has 162 valence electrons. The lowest BCUT2D eigenvalue weighted by Crippen LogP contribution is -2.27. The van der Waals surface area contributed by atoms with E-state index < -0.39 is 5.91 Å². The number of carbonyl (C=O) groups is 2. The van der Waals surface area contributed by atoms with Gasteiger partial charge in [-0.25, -0.2) is 0 Å². The van der Waals surface area contributed by atoms with Gasteiger partial charge in [-0.05, 0) is 59.1 Å². The topological polar surface area (TPSA) is 81.4 Å². The zero-order valence-electron chi connectivity index (χ0n) is 18.2. The number of thiophene rings is 1. The maximum atomic E-state index is 12.6. The summed E-state index contributed by atoms with van der Waals surface area (Å²) in [7, 11) is 0. The molecule has 0 fully saturated rings. The smallest absolute Gasteiger partial charge is 0.262 e. The van der Waals surface area contributed by atoms with E-state index in [4.69, 9.17) is 10.5 Å². The van der Waals surface area contributed by atoms with Crippen LogP contribution >= 0.6 is 11.3 Å². The number of anilines is 1. The number of rotatable bonds is 5. The summed E-state index contributed by atoms with van der Waals surface area (Å²) in [6.07, 6.45) is 2.74. The molecule has 1 aromatic heterocycles. The molecular formula is C25H28N2O3S. The minimum Gasteiger partial charge on any atom is -0.484 e. The van der Waals surface area contributed by atoms with Crippen LogP contribution in [0.5, 0.6) is 5.75 Å². The third-order valence-corrected chi connectivity index (χ3v) is 7.25. The van der Waals surface area contributed by atoms with E-state index in [1.807, 2.05) is 42.5 Å². The van der Waals surface area contributed by atoms with Crippen LogP contribution in [0, 0.1) is 11.3 Å². The molecule has 6 heteroatoms. The van der Waals surface area contributed by atoms with Crippen molar-refractivity contribution < 1.29 is 14.3 Å². The van der Waals surface area contributed by atoms with Crippen molar-refractivity contribution in [3.05, 3.63) is 58.5 Å². The molecule has 0 bridgehead atoms. The molecule has 31 heavy (non-hydrogen) atoms. The molecule has 1 aliphatic rings. The molecule has 1 atom stereocenters. The third kappa shape index (κ3) is 4.59. The van der Waals surface area contributed by atoms with Crippen molar-refractivity contribution >= 4 is 38.9 Å². The predicted octanol–water partition coefficient (Wildman–Crippen LogP) is 5.17. The van der Waals surface area contributed by atoms with Gasteiger partial charge in [0.25, 0.3) is 11.8 Å². The van der Waals surface area contributed by atoms with Gasteiger partial charge >= 0.3 is 0 Å². The number of ether oxygens (including phenoxy) is 1. The van der Waals surface area contributed by atoms with E-state index in [0.717, 1.165) is 40.5 Å². The molecule has 0 spiro atoms. The van der Waals surface area contributed by atoms with Crippen molar-refractivity contribution in [2.75, 3.05) is 11.9 Å². The third-order valence-electron chi connectivity index (χ3n) is 6.08. The van der Waals surface area contributed by atoms with E-state index in [-0.39, 0.29) is 17.9 Å². The number of hydrogen-bond donors (Lipinski definition) is 2. The normalized spacial score (nSPS) is 16.0. The average molecular weight is 437 g/mol. The van der Waals surface area contributed by atoms with Gasteiger partial charge in [-0.3, -0.25) is 9.59 Å². The maximum Gasteiger partial charge on any atom is 0.262 e. The second-order valence-corrected chi connectivity index (χ2v) is 10.3. The van der Waals surface area contributed by atoms with Crippen LogP contribution in [-0.4, -0.2) is 18.4 Å². The van der Waals surface area contributed by atoms with Crippen LogP contribution in [0.4, 0.5) is 5.00 Å². The SMILES string of the molecule is CC(C)(C)C1CCc2c(sc(NC(=O)COc3ccc4ccccc4c3)c2C(N)=O)C1. The molecule has 2 aromatic carbocycles. The van der Waals surface area contributed by atoms with Crippen molar-refractivity contribution in [1.82, 2.24) is 0 Å². The van der Waals surface area contributed by atoms with E-state index >= 15 is 0 Å². The van der Waals surface area contributed by atoms with Crippen molar-refractivity contribution in [1.29, 1.82) is 0 Å². The quantitative estimate of drug-likeness (QED) is 0.579. The van der Waals surface area contributed by atoms with Gasteiger partial charge in [0.05, 0.1) is 5.56 Å². The standard InChI is InChI=1S/C25H28N2O3S/c1-25(2,3)17-9-11-19-20(13-17)31-24(22(19)23(26)29)27-21(28)14-30-18-10-8-15-6-4-5-7-16(15)12-18/h4-8,10,12,17H,9,11,13-14H2,1-3H3,(H2,26,29)(H,27,28). The van der Waals surface area contributed by atoms with Crippen LogP contribution in [0.2, 0.25) is 0 Å². The molecule has 2 amide bonds. The van der Waals surface area contributed by atoms with Crippen LogP contribution in [0.3, 0.4) is 0 Å². The number of hydrogen-bond acceptors (Lipinski definition) is 4. The molecule has 0 aliphatic heterocycles. The molecule has 0 radical (unpaired) electrons. The van der Waals surface area contributed by atoms with Crippen molar-refractivity contribution in [3.63, 3.8) is 0 Å². The maximum absolute atomic E-state index is 12.6.